The summed E-state index contributed by atoms with van der Waals surface area (Å²) < 4.78 is 0. The molecule has 0 radical (unpaired) electrons. The highest BCUT2D eigenvalue weighted by atomic mass is 16.4. The minimum atomic E-state index is -1.11. The third-order valence-corrected chi connectivity index (χ3v) is 15.8. The number of carboxylic acid groups (broad SMARTS) is 6. The summed E-state index contributed by atoms with van der Waals surface area (Å²) in [5.41, 5.74) is 13.1. The summed E-state index contributed by atoms with van der Waals surface area (Å²) in [6.45, 7) is 18.5. The smallest absolute Gasteiger partial charge is 0.303 e. The summed E-state index contributed by atoms with van der Waals surface area (Å²) in [6, 6.07) is 21.9. The van der Waals surface area contributed by atoms with E-state index in [9.17, 15) is 59.4 Å². The molecule has 6 aromatic carbocycles. The van der Waals surface area contributed by atoms with Crippen LogP contribution in [0.3, 0.4) is 0 Å². The molecule has 0 aliphatic rings. The maximum absolute atomic E-state index is 10.4. The van der Waals surface area contributed by atoms with Gasteiger partial charge in [0, 0.05) is 38.5 Å². The molecule has 0 saturated heterocycles. The van der Waals surface area contributed by atoms with Crippen molar-refractivity contribution >= 4 is 35.8 Å². The second-order valence-corrected chi connectivity index (χ2v) is 25.1. The van der Waals surface area contributed by atoms with Crippen LogP contribution in [0.15, 0.2) is 72.8 Å². The fourth-order valence-corrected chi connectivity index (χ4v) is 9.25. The molecule has 0 atom stereocenters. The van der Waals surface area contributed by atoms with Gasteiger partial charge < -0.3 is 102 Å². The Morgan fingerprint density at radius 2 is 0.304 bits per heavy atom. The molecule has 0 amide bonds. The zero-order chi connectivity index (χ0) is 78.9. The van der Waals surface area contributed by atoms with Gasteiger partial charge in [0.15, 0.2) is 0 Å². The minimum absolute atomic E-state index is 0.129. The van der Waals surface area contributed by atoms with E-state index in [1.54, 1.807) is 0 Å². The van der Waals surface area contributed by atoms with Gasteiger partial charge in [-0.1, -0.05) is 72.8 Å². The Labute approximate surface area is 595 Å². The number of aliphatic carboxylic acids is 6. The molecule has 0 saturated carbocycles. The number of aliphatic hydroxyl groups is 8. The van der Waals surface area contributed by atoms with E-state index < -0.39 is 99.5 Å². The lowest BCUT2D eigenvalue weighted by Crippen LogP contribution is -2.37. The van der Waals surface area contributed by atoms with Crippen LogP contribution in [-0.4, -0.2) is 191 Å². The predicted octanol–water partition coefficient (Wildman–Crippen LogP) is 8.04. The van der Waals surface area contributed by atoms with Crippen LogP contribution in [0.2, 0.25) is 0 Å². The first-order valence-electron chi connectivity index (χ1n) is 32.4. The molecule has 0 aliphatic heterocycles. The summed E-state index contributed by atoms with van der Waals surface area (Å²) >= 11 is 0. The number of carbonyl (C=O) groups is 6. The van der Waals surface area contributed by atoms with E-state index in [0.717, 1.165) is 100 Å². The largest absolute Gasteiger partial charge is 0.507 e. The molecule has 6 aromatic rings. The average Bonchev–Trinajstić information content (AvgIpc) is 0.885. The number of rotatable bonds is 26. The summed E-state index contributed by atoms with van der Waals surface area (Å²) in [5.74, 6) is -3.01. The van der Waals surface area contributed by atoms with Gasteiger partial charge in [-0.15, -0.1) is 0 Å². The van der Waals surface area contributed by atoms with E-state index >= 15 is 0 Å². The molecule has 26 heteroatoms. The van der Waals surface area contributed by atoms with Gasteiger partial charge in [0.05, 0.1) is 63.7 Å². The average molecular weight is 1440 g/mol. The third kappa shape index (κ3) is 36.8. The number of hydrogen-bond acceptors (Lipinski definition) is 20. The Morgan fingerprint density at radius 3 is 0.363 bits per heavy atom. The Balaban J connectivity index is 0. The number of aromatic hydroxyl groups is 6. The van der Waals surface area contributed by atoms with Gasteiger partial charge in [-0.3, -0.25) is 28.8 Å². The highest BCUT2D eigenvalue weighted by Gasteiger charge is 2.27. The van der Waals surface area contributed by atoms with Gasteiger partial charge >= 0.3 is 35.8 Å². The summed E-state index contributed by atoms with van der Waals surface area (Å²) in [4.78, 5) is 62.2. The van der Waals surface area contributed by atoms with Crippen LogP contribution in [-0.2, 0) is 67.3 Å². The fraction of sp³-hybridized carbons (Fsp3) is 0.447. The summed E-state index contributed by atoms with van der Waals surface area (Å²) in [7, 11) is 0. The van der Waals surface area contributed by atoms with Crippen molar-refractivity contribution in [3.63, 3.8) is 0 Å². The Kier molecular flexibility index (Phi) is 45.0. The zero-order valence-corrected chi connectivity index (χ0v) is 60.5. The molecular weight excluding hydrogens is 1330 g/mol. The number of aliphatic hydroxyl groups excluding tert-OH is 8. The van der Waals surface area contributed by atoms with Crippen molar-refractivity contribution in [3.8, 4) is 34.5 Å². The van der Waals surface area contributed by atoms with Crippen LogP contribution < -0.4 is 0 Å². The van der Waals surface area contributed by atoms with Crippen molar-refractivity contribution in [2.24, 2.45) is 10.8 Å². The number of carboxylic acids is 6. The molecule has 0 aliphatic carbocycles. The lowest BCUT2D eigenvalue weighted by atomic mass is 9.93. The standard InChI is InChI=1S/6C11H14O3.2C5H12O4/c6*1-7-5-9(3-4-10(12)13)6-8(2)11(7)14;2*6-1-5(2-7,3-8)4-9/h6*5-6,14H,3-4H2,1-2H3,(H,12,13);2*6-9H,1-4H2. The van der Waals surface area contributed by atoms with E-state index in [1.807, 2.05) is 156 Å². The highest BCUT2D eigenvalue weighted by molar-refractivity contribution is 5.69. The van der Waals surface area contributed by atoms with Gasteiger partial charge in [0.2, 0.25) is 0 Å². The quantitative estimate of drug-likeness (QED) is 0.0244. The Hall–Kier alpha value is -9.38. The molecule has 0 unspecified atom stereocenters. The molecule has 0 heterocycles. The van der Waals surface area contributed by atoms with Gasteiger partial charge in [0.25, 0.3) is 0 Å². The second kappa shape index (κ2) is 48.4. The maximum Gasteiger partial charge on any atom is 0.303 e. The molecule has 20 N–H and O–H groups in total. The molecule has 0 fully saturated rings. The van der Waals surface area contributed by atoms with Crippen molar-refractivity contribution in [1.82, 2.24) is 0 Å². The van der Waals surface area contributed by atoms with Crippen molar-refractivity contribution in [1.29, 1.82) is 0 Å². The number of hydrogen-bond donors (Lipinski definition) is 20. The van der Waals surface area contributed by atoms with Crippen LogP contribution in [0.5, 0.6) is 34.5 Å². The molecule has 568 valence electrons. The lowest BCUT2D eigenvalue weighted by molar-refractivity contribution is -0.138. The van der Waals surface area contributed by atoms with E-state index in [4.69, 9.17) is 71.5 Å². The molecule has 0 aromatic heterocycles. The van der Waals surface area contributed by atoms with Crippen LogP contribution in [0, 0.1) is 93.9 Å². The van der Waals surface area contributed by atoms with Gasteiger partial charge in [-0.25, -0.2) is 0 Å². The Bertz CT molecular complexity index is 2870. The molecule has 0 bridgehead atoms. The molecule has 6 rings (SSSR count). The van der Waals surface area contributed by atoms with E-state index in [1.165, 1.54) is 0 Å². The highest BCUT2D eigenvalue weighted by Crippen LogP contribution is 2.29. The first kappa shape index (κ1) is 94.7. The number of phenols is 6. The number of phenolic OH excluding ortho intramolecular Hbond substituents is 6. The van der Waals surface area contributed by atoms with Crippen molar-refractivity contribution in [2.75, 3.05) is 52.9 Å². The third-order valence-electron chi connectivity index (χ3n) is 15.8. The summed E-state index contributed by atoms with van der Waals surface area (Å²) in [6.07, 6.45) is 3.84. The monoisotopic (exact) mass is 1440 g/mol. The molecule has 26 nitrogen and oxygen atoms in total. The van der Waals surface area contributed by atoms with E-state index in [-0.39, 0.29) is 38.5 Å². The maximum atomic E-state index is 10.4. The van der Waals surface area contributed by atoms with Crippen molar-refractivity contribution in [2.45, 2.75) is 160 Å². The minimum Gasteiger partial charge on any atom is -0.507 e. The van der Waals surface area contributed by atoms with Gasteiger partial charge in [-0.2, -0.15) is 0 Å². The number of benzene rings is 6. The van der Waals surface area contributed by atoms with Crippen molar-refractivity contribution in [3.05, 3.63) is 173 Å². The van der Waals surface area contributed by atoms with E-state index in [2.05, 4.69) is 0 Å². The first-order chi connectivity index (χ1) is 47.5. The molecule has 0 spiro atoms. The van der Waals surface area contributed by atoms with Crippen LogP contribution in [0.4, 0.5) is 0 Å². The predicted molar refractivity (Wildman–Crippen MR) is 383 cm³/mol. The molecule has 102 heavy (non-hydrogen) atoms. The topological polar surface area (TPSA) is 507 Å². The Morgan fingerprint density at radius 1 is 0.216 bits per heavy atom. The molecular formula is C76H108O26. The fourth-order valence-electron chi connectivity index (χ4n) is 9.25. The van der Waals surface area contributed by atoms with Gasteiger partial charge in [0.1, 0.15) is 34.5 Å². The van der Waals surface area contributed by atoms with Crippen molar-refractivity contribution < 1.29 is 131 Å². The van der Waals surface area contributed by atoms with Gasteiger partial charge in [-0.05, 0) is 222 Å². The normalized spacial score (nSPS) is 10.5. The van der Waals surface area contributed by atoms with Crippen LogP contribution >= 0.6 is 0 Å². The zero-order valence-electron chi connectivity index (χ0n) is 60.5. The van der Waals surface area contributed by atoms with Crippen LogP contribution in [0.25, 0.3) is 0 Å². The lowest BCUT2D eigenvalue weighted by Gasteiger charge is -2.23. The first-order valence-corrected chi connectivity index (χ1v) is 32.4. The SMILES string of the molecule is Cc1cc(CCC(=O)O)cc(C)c1O.Cc1cc(CCC(=O)O)cc(C)c1O.Cc1cc(CCC(=O)O)cc(C)c1O.Cc1cc(CCC(=O)O)cc(C)c1O.Cc1cc(CCC(=O)O)cc(C)c1O.Cc1cc(CCC(=O)O)cc(C)c1O.OCC(CO)(CO)CO.OCC(CO)(CO)CO. The van der Waals surface area contributed by atoms with Crippen LogP contribution in [0.1, 0.15) is 139 Å². The van der Waals surface area contributed by atoms with E-state index in [0.29, 0.717) is 73.0 Å². The number of aryl methyl sites for hydroxylation is 18. The second-order valence-electron chi connectivity index (χ2n) is 25.1. The summed E-state index contributed by atoms with van der Waals surface area (Å²) in [5, 5.41) is 176.